The van der Waals surface area contributed by atoms with Crippen LogP contribution in [0.2, 0.25) is 0 Å². The lowest BCUT2D eigenvalue weighted by molar-refractivity contribution is -0.217. The summed E-state index contributed by atoms with van der Waals surface area (Å²) < 4.78 is 45.8. The highest BCUT2D eigenvalue weighted by molar-refractivity contribution is 7.86. The normalized spacial score (nSPS) is 32.9. The quantitative estimate of drug-likeness (QED) is 0.813. The van der Waals surface area contributed by atoms with Gasteiger partial charge in [0.25, 0.3) is 10.1 Å². The second-order valence-electron chi connectivity index (χ2n) is 6.19. The molecule has 1 aromatic carbocycles. The first-order valence-corrected chi connectivity index (χ1v) is 8.74. The van der Waals surface area contributed by atoms with Crippen LogP contribution in [0.4, 0.5) is 0 Å². The van der Waals surface area contributed by atoms with Crippen LogP contribution in [-0.2, 0) is 28.5 Å². The van der Waals surface area contributed by atoms with Gasteiger partial charge in [0.2, 0.25) is 0 Å². The van der Waals surface area contributed by atoms with Gasteiger partial charge in [0.15, 0.2) is 12.1 Å². The molecule has 0 aromatic heterocycles. The molecule has 2 fully saturated rings. The van der Waals surface area contributed by atoms with Crippen molar-refractivity contribution in [3.8, 4) is 0 Å². The number of rotatable bonds is 4. The summed E-state index contributed by atoms with van der Waals surface area (Å²) in [7, 11) is -3.91. The highest BCUT2D eigenvalue weighted by Crippen LogP contribution is 2.37. The van der Waals surface area contributed by atoms with Gasteiger partial charge in [0.1, 0.15) is 18.3 Å². The van der Waals surface area contributed by atoms with E-state index in [1.807, 2.05) is 6.92 Å². The van der Waals surface area contributed by atoms with Crippen molar-refractivity contribution in [2.24, 2.45) is 0 Å². The van der Waals surface area contributed by atoms with Gasteiger partial charge in [0, 0.05) is 0 Å². The summed E-state index contributed by atoms with van der Waals surface area (Å²) >= 11 is 0. The maximum Gasteiger partial charge on any atom is 0.297 e. The zero-order valence-electron chi connectivity index (χ0n) is 13.1. The molecular weight excluding hydrogens is 324 g/mol. The molecule has 0 saturated carbocycles. The van der Waals surface area contributed by atoms with Crippen LogP contribution in [0.15, 0.2) is 29.2 Å². The number of hydrogen-bond donors (Lipinski definition) is 1. The molecule has 7 nitrogen and oxygen atoms in total. The standard InChI is InChI=1S/C15H20O7S/c1-9-4-6-10(7-5-9)23(17,18)19-8-11-12(16)13-14(20-11)22-15(2,3)21-13/h4-7,11-14,16H,8H2,1-3H3/t11-,12+,13+,14+/m0/s1. The number of fused-ring (bicyclic) bond motifs is 1. The van der Waals surface area contributed by atoms with E-state index in [1.54, 1.807) is 26.0 Å². The SMILES string of the molecule is Cc1ccc(S(=O)(=O)OC[C@@H]2O[C@@H]3OC(C)(C)O[C@@H]3[C@@H]2O)cc1. The minimum atomic E-state index is -3.91. The van der Waals surface area contributed by atoms with Gasteiger partial charge in [-0.15, -0.1) is 0 Å². The van der Waals surface area contributed by atoms with E-state index in [-0.39, 0.29) is 11.5 Å². The average molecular weight is 344 g/mol. The maximum absolute atomic E-state index is 12.1. The average Bonchev–Trinajstić information content (AvgIpc) is 2.91. The van der Waals surface area contributed by atoms with Crippen molar-refractivity contribution in [1.82, 2.24) is 0 Å². The molecule has 3 rings (SSSR count). The predicted molar refractivity (Wildman–Crippen MR) is 79.0 cm³/mol. The Labute approximate surface area is 135 Å². The molecule has 0 radical (unpaired) electrons. The Balaban J connectivity index is 1.62. The minimum absolute atomic E-state index is 0.0596. The Morgan fingerprint density at radius 3 is 2.48 bits per heavy atom. The summed E-state index contributed by atoms with van der Waals surface area (Å²) in [4.78, 5) is 0.0596. The molecule has 0 aliphatic carbocycles. The Hall–Kier alpha value is -1.03. The van der Waals surface area contributed by atoms with Crippen molar-refractivity contribution in [1.29, 1.82) is 0 Å². The number of hydrogen-bond acceptors (Lipinski definition) is 7. The third-order valence-corrected chi connectivity index (χ3v) is 5.11. The fraction of sp³-hybridized carbons (Fsp3) is 0.600. The lowest BCUT2D eigenvalue weighted by atomic mass is 10.1. The van der Waals surface area contributed by atoms with E-state index in [9.17, 15) is 13.5 Å². The van der Waals surface area contributed by atoms with Crippen molar-refractivity contribution in [2.45, 2.75) is 56.1 Å². The molecule has 2 aliphatic rings. The Bertz CT molecular complexity index is 668. The highest BCUT2D eigenvalue weighted by Gasteiger charge is 2.54. The number of ether oxygens (including phenoxy) is 3. The van der Waals surface area contributed by atoms with Gasteiger partial charge in [0.05, 0.1) is 11.5 Å². The first-order chi connectivity index (χ1) is 10.7. The van der Waals surface area contributed by atoms with E-state index < -0.39 is 40.5 Å². The molecule has 2 heterocycles. The topological polar surface area (TPSA) is 91.3 Å². The molecular formula is C15H20O7S. The largest absolute Gasteiger partial charge is 0.387 e. The van der Waals surface area contributed by atoms with Crippen molar-refractivity contribution >= 4 is 10.1 Å². The molecule has 0 bridgehead atoms. The van der Waals surface area contributed by atoms with E-state index in [0.717, 1.165) is 5.56 Å². The zero-order valence-corrected chi connectivity index (χ0v) is 13.9. The van der Waals surface area contributed by atoms with Gasteiger partial charge >= 0.3 is 0 Å². The van der Waals surface area contributed by atoms with E-state index in [4.69, 9.17) is 18.4 Å². The zero-order chi connectivity index (χ0) is 16.8. The third-order valence-electron chi connectivity index (χ3n) is 3.81. The molecule has 2 saturated heterocycles. The van der Waals surface area contributed by atoms with Crippen molar-refractivity contribution in [3.05, 3.63) is 29.8 Å². The van der Waals surface area contributed by atoms with Gasteiger partial charge in [-0.25, -0.2) is 0 Å². The van der Waals surface area contributed by atoms with E-state index in [2.05, 4.69) is 0 Å². The van der Waals surface area contributed by atoms with Crippen molar-refractivity contribution in [2.75, 3.05) is 6.61 Å². The van der Waals surface area contributed by atoms with Crippen LogP contribution in [0.25, 0.3) is 0 Å². The van der Waals surface area contributed by atoms with E-state index >= 15 is 0 Å². The van der Waals surface area contributed by atoms with Crippen LogP contribution in [0.1, 0.15) is 19.4 Å². The fourth-order valence-corrected chi connectivity index (χ4v) is 3.54. The molecule has 23 heavy (non-hydrogen) atoms. The van der Waals surface area contributed by atoms with E-state index in [0.29, 0.717) is 0 Å². The van der Waals surface area contributed by atoms with Gasteiger partial charge in [-0.3, -0.25) is 4.18 Å². The smallest absolute Gasteiger partial charge is 0.297 e. The molecule has 0 amide bonds. The van der Waals surface area contributed by atoms with Gasteiger partial charge in [-0.05, 0) is 32.9 Å². The van der Waals surface area contributed by atoms with Gasteiger partial charge < -0.3 is 19.3 Å². The summed E-state index contributed by atoms with van der Waals surface area (Å²) in [5.41, 5.74) is 0.947. The summed E-state index contributed by atoms with van der Waals surface area (Å²) in [5.74, 6) is -0.837. The van der Waals surface area contributed by atoms with Gasteiger partial charge in [-0.2, -0.15) is 8.42 Å². The molecule has 128 valence electrons. The maximum atomic E-state index is 12.1. The second kappa shape index (κ2) is 5.80. The minimum Gasteiger partial charge on any atom is -0.387 e. The van der Waals surface area contributed by atoms with Gasteiger partial charge in [-0.1, -0.05) is 17.7 Å². The van der Waals surface area contributed by atoms with Crippen molar-refractivity contribution in [3.63, 3.8) is 0 Å². The number of benzene rings is 1. The second-order valence-corrected chi connectivity index (χ2v) is 7.80. The fourth-order valence-electron chi connectivity index (χ4n) is 2.63. The van der Waals surface area contributed by atoms with Crippen LogP contribution < -0.4 is 0 Å². The lowest BCUT2D eigenvalue weighted by Crippen LogP contribution is -2.37. The third kappa shape index (κ3) is 3.42. The Morgan fingerprint density at radius 2 is 1.87 bits per heavy atom. The molecule has 4 atom stereocenters. The number of aliphatic hydroxyl groups is 1. The molecule has 2 aliphatic heterocycles. The summed E-state index contributed by atoms with van der Waals surface area (Å²) in [6.45, 7) is 4.99. The van der Waals surface area contributed by atoms with Crippen LogP contribution in [0, 0.1) is 6.92 Å². The Kier molecular flexibility index (Phi) is 4.24. The van der Waals surface area contributed by atoms with Crippen LogP contribution in [-0.4, -0.2) is 50.5 Å². The number of aryl methyl sites for hydroxylation is 1. The van der Waals surface area contributed by atoms with E-state index in [1.165, 1.54) is 12.1 Å². The highest BCUT2D eigenvalue weighted by atomic mass is 32.2. The molecule has 8 heteroatoms. The first-order valence-electron chi connectivity index (χ1n) is 7.33. The molecule has 1 aromatic rings. The number of aliphatic hydroxyl groups excluding tert-OH is 1. The summed E-state index contributed by atoms with van der Waals surface area (Å²) in [6, 6.07) is 6.32. The summed E-state index contributed by atoms with van der Waals surface area (Å²) in [5, 5.41) is 10.2. The Morgan fingerprint density at radius 1 is 1.22 bits per heavy atom. The van der Waals surface area contributed by atoms with Crippen LogP contribution in [0.3, 0.4) is 0 Å². The molecule has 1 N–H and O–H groups in total. The van der Waals surface area contributed by atoms with Crippen LogP contribution in [0.5, 0.6) is 0 Å². The van der Waals surface area contributed by atoms with Crippen LogP contribution >= 0.6 is 0 Å². The first kappa shape index (κ1) is 16.8. The lowest BCUT2D eigenvalue weighted by Gasteiger charge is -2.22. The molecule has 0 spiro atoms. The summed E-state index contributed by atoms with van der Waals surface area (Å²) in [6.07, 6.45) is -3.23. The van der Waals surface area contributed by atoms with Crippen molar-refractivity contribution < 1.29 is 31.9 Å². The molecule has 0 unspecified atom stereocenters. The predicted octanol–water partition coefficient (Wildman–Crippen LogP) is 0.938. The monoisotopic (exact) mass is 344 g/mol.